The van der Waals surface area contributed by atoms with Gasteiger partial charge in [-0.15, -0.1) is 0 Å². The number of carbonyl (C=O) groups is 1. The van der Waals surface area contributed by atoms with Crippen LogP contribution in [0.15, 0.2) is 48.8 Å². The van der Waals surface area contributed by atoms with Crippen molar-refractivity contribution in [2.75, 3.05) is 0 Å². The van der Waals surface area contributed by atoms with Gasteiger partial charge in [0.05, 0.1) is 5.60 Å². The topological polar surface area (TPSA) is 62.2 Å². The third kappa shape index (κ3) is 3.62. The molecular formula is C21H23ClN2O2. The number of rotatable bonds is 4. The van der Waals surface area contributed by atoms with Gasteiger partial charge in [0.2, 0.25) is 5.91 Å². The van der Waals surface area contributed by atoms with Gasteiger partial charge in [-0.3, -0.25) is 9.78 Å². The molecule has 0 spiro atoms. The Bertz CT molecular complexity index is 770. The molecule has 1 heterocycles. The van der Waals surface area contributed by atoms with Crippen LogP contribution in [0.4, 0.5) is 0 Å². The molecule has 2 N–H and O–H groups in total. The van der Waals surface area contributed by atoms with Gasteiger partial charge in [0, 0.05) is 34.9 Å². The van der Waals surface area contributed by atoms with Crippen LogP contribution >= 0.6 is 11.6 Å². The summed E-state index contributed by atoms with van der Waals surface area (Å²) in [7, 11) is 0. The van der Waals surface area contributed by atoms with Crippen molar-refractivity contribution in [3.8, 4) is 0 Å². The van der Waals surface area contributed by atoms with Crippen LogP contribution in [0.5, 0.6) is 0 Å². The van der Waals surface area contributed by atoms with Crippen LogP contribution in [0.25, 0.3) is 0 Å². The van der Waals surface area contributed by atoms with Crippen LogP contribution < -0.4 is 5.32 Å². The van der Waals surface area contributed by atoms with Gasteiger partial charge < -0.3 is 10.4 Å². The molecule has 136 valence electrons. The Hall–Kier alpha value is -1.91. The maximum Gasteiger partial charge on any atom is 0.223 e. The molecule has 0 unspecified atom stereocenters. The molecule has 4 nitrogen and oxygen atoms in total. The molecule has 2 aliphatic rings. The minimum absolute atomic E-state index is 0.0651. The molecule has 0 radical (unpaired) electrons. The predicted molar refractivity (Wildman–Crippen MR) is 101 cm³/mol. The number of aliphatic hydroxyl groups is 1. The SMILES string of the molecule is O=C(NC1CCC(O)(c2cccnc2)CC1)[C@@H]1C[C@H]1c1ccc(Cl)cc1. The fourth-order valence-electron chi connectivity index (χ4n) is 4.04. The van der Waals surface area contributed by atoms with Gasteiger partial charge in [-0.2, -0.15) is 0 Å². The predicted octanol–water partition coefficient (Wildman–Crippen LogP) is 3.79. The van der Waals surface area contributed by atoms with E-state index < -0.39 is 5.60 Å². The number of pyridine rings is 1. The highest BCUT2D eigenvalue weighted by Crippen LogP contribution is 2.48. The summed E-state index contributed by atoms with van der Waals surface area (Å²) in [6.07, 6.45) is 7.22. The van der Waals surface area contributed by atoms with E-state index in [9.17, 15) is 9.90 Å². The Balaban J connectivity index is 1.30. The summed E-state index contributed by atoms with van der Waals surface area (Å²) in [5, 5.41) is 14.8. The molecule has 0 bridgehead atoms. The average molecular weight is 371 g/mol. The molecule has 2 atom stereocenters. The van der Waals surface area contributed by atoms with Crippen LogP contribution in [-0.4, -0.2) is 22.0 Å². The summed E-state index contributed by atoms with van der Waals surface area (Å²) in [5.74, 6) is 0.514. The lowest BCUT2D eigenvalue weighted by Crippen LogP contribution is -2.42. The fraction of sp³-hybridized carbons (Fsp3) is 0.429. The second-order valence-corrected chi connectivity index (χ2v) is 7.99. The Morgan fingerprint density at radius 2 is 1.92 bits per heavy atom. The van der Waals surface area contributed by atoms with Crippen molar-refractivity contribution >= 4 is 17.5 Å². The number of halogens is 1. The molecule has 1 aromatic carbocycles. The highest BCUT2D eigenvalue weighted by molar-refractivity contribution is 6.30. The Morgan fingerprint density at radius 1 is 1.19 bits per heavy atom. The van der Waals surface area contributed by atoms with Crippen molar-refractivity contribution in [1.82, 2.24) is 10.3 Å². The van der Waals surface area contributed by atoms with E-state index in [1.807, 2.05) is 36.4 Å². The molecule has 2 saturated carbocycles. The van der Waals surface area contributed by atoms with Gasteiger partial charge in [-0.05, 0) is 61.8 Å². The third-order valence-electron chi connectivity index (χ3n) is 5.78. The number of benzene rings is 1. The number of carbonyl (C=O) groups excluding carboxylic acids is 1. The van der Waals surface area contributed by atoms with Gasteiger partial charge in [0.15, 0.2) is 0 Å². The summed E-state index contributed by atoms with van der Waals surface area (Å²) >= 11 is 5.93. The molecule has 1 amide bonds. The van der Waals surface area contributed by atoms with E-state index in [-0.39, 0.29) is 17.9 Å². The zero-order chi connectivity index (χ0) is 18.1. The van der Waals surface area contributed by atoms with Crippen LogP contribution in [-0.2, 0) is 10.4 Å². The molecule has 1 aromatic heterocycles. The van der Waals surface area contributed by atoms with Crippen molar-refractivity contribution < 1.29 is 9.90 Å². The molecule has 4 rings (SSSR count). The van der Waals surface area contributed by atoms with Crippen LogP contribution in [0.1, 0.15) is 49.1 Å². The summed E-state index contributed by atoms with van der Waals surface area (Å²) in [4.78, 5) is 16.7. The highest BCUT2D eigenvalue weighted by atomic mass is 35.5. The Morgan fingerprint density at radius 3 is 2.58 bits per heavy atom. The lowest BCUT2D eigenvalue weighted by molar-refractivity contribution is -0.123. The number of hydrogen-bond acceptors (Lipinski definition) is 3. The quantitative estimate of drug-likeness (QED) is 0.860. The second-order valence-electron chi connectivity index (χ2n) is 7.56. The molecule has 2 aliphatic carbocycles. The highest BCUT2D eigenvalue weighted by Gasteiger charge is 2.45. The number of aromatic nitrogens is 1. The molecule has 5 heteroatoms. The zero-order valence-corrected chi connectivity index (χ0v) is 15.3. The maximum absolute atomic E-state index is 12.5. The van der Waals surface area contributed by atoms with Crippen molar-refractivity contribution in [3.63, 3.8) is 0 Å². The van der Waals surface area contributed by atoms with Gasteiger partial charge in [0.1, 0.15) is 0 Å². The smallest absolute Gasteiger partial charge is 0.223 e. The average Bonchev–Trinajstić information content (AvgIpc) is 3.46. The summed E-state index contributed by atoms with van der Waals surface area (Å²) in [6, 6.07) is 11.7. The monoisotopic (exact) mass is 370 g/mol. The van der Waals surface area contributed by atoms with Crippen LogP contribution in [0.2, 0.25) is 5.02 Å². The number of amides is 1. The molecule has 2 aromatic rings. The Kier molecular flexibility index (Phi) is 4.72. The van der Waals surface area contributed by atoms with Crippen molar-refractivity contribution in [2.24, 2.45) is 5.92 Å². The van der Waals surface area contributed by atoms with E-state index in [2.05, 4.69) is 10.3 Å². The van der Waals surface area contributed by atoms with Gasteiger partial charge in [-0.1, -0.05) is 29.8 Å². The van der Waals surface area contributed by atoms with E-state index in [4.69, 9.17) is 11.6 Å². The van der Waals surface area contributed by atoms with E-state index in [1.165, 1.54) is 5.56 Å². The number of hydrogen-bond donors (Lipinski definition) is 2. The lowest BCUT2D eigenvalue weighted by Gasteiger charge is -2.36. The number of nitrogens with zero attached hydrogens (tertiary/aromatic N) is 1. The minimum atomic E-state index is -0.819. The van der Waals surface area contributed by atoms with Crippen LogP contribution in [0.3, 0.4) is 0 Å². The molecule has 0 aliphatic heterocycles. The third-order valence-corrected chi connectivity index (χ3v) is 6.04. The molecule has 26 heavy (non-hydrogen) atoms. The second kappa shape index (κ2) is 7.01. The minimum Gasteiger partial charge on any atom is -0.385 e. The van der Waals surface area contributed by atoms with Crippen LogP contribution in [0, 0.1) is 5.92 Å². The summed E-state index contributed by atoms with van der Waals surface area (Å²) in [6.45, 7) is 0. The van der Waals surface area contributed by atoms with Crippen molar-refractivity contribution in [3.05, 3.63) is 64.9 Å². The van der Waals surface area contributed by atoms with Crippen molar-refractivity contribution in [1.29, 1.82) is 0 Å². The van der Waals surface area contributed by atoms with Gasteiger partial charge >= 0.3 is 0 Å². The molecule has 0 saturated heterocycles. The first-order valence-corrected chi connectivity index (χ1v) is 9.62. The maximum atomic E-state index is 12.5. The van der Waals surface area contributed by atoms with E-state index in [0.29, 0.717) is 18.8 Å². The van der Waals surface area contributed by atoms with Crippen molar-refractivity contribution in [2.45, 2.75) is 49.7 Å². The van der Waals surface area contributed by atoms with E-state index in [0.717, 1.165) is 29.8 Å². The summed E-state index contributed by atoms with van der Waals surface area (Å²) < 4.78 is 0. The first-order valence-electron chi connectivity index (χ1n) is 9.24. The Labute approximate surface area is 158 Å². The molecule has 2 fully saturated rings. The zero-order valence-electron chi connectivity index (χ0n) is 14.6. The number of nitrogens with one attached hydrogen (secondary N) is 1. The molecular weight excluding hydrogens is 348 g/mol. The van der Waals surface area contributed by atoms with Gasteiger partial charge in [0.25, 0.3) is 0 Å². The van der Waals surface area contributed by atoms with E-state index in [1.54, 1.807) is 12.4 Å². The first kappa shape index (κ1) is 17.5. The largest absolute Gasteiger partial charge is 0.385 e. The standard InChI is InChI=1S/C21H23ClN2O2/c22-16-5-3-14(4-6-16)18-12-19(18)20(25)24-17-7-9-21(26,10-8-17)15-2-1-11-23-13-15/h1-6,11,13,17-19,26H,7-10,12H2,(H,24,25)/t17?,18-,19+,21?/m0/s1. The lowest BCUT2D eigenvalue weighted by atomic mass is 9.78. The summed E-state index contributed by atoms with van der Waals surface area (Å²) in [5.41, 5.74) is 1.24. The van der Waals surface area contributed by atoms with E-state index >= 15 is 0 Å². The fourth-order valence-corrected chi connectivity index (χ4v) is 4.16. The van der Waals surface area contributed by atoms with Gasteiger partial charge in [-0.25, -0.2) is 0 Å². The first-order chi connectivity index (χ1) is 12.5. The normalized spacial score (nSPS) is 30.6.